The van der Waals surface area contributed by atoms with Crippen molar-refractivity contribution >= 4 is 11.6 Å². The van der Waals surface area contributed by atoms with Crippen LogP contribution in [0.25, 0.3) is 0 Å². The van der Waals surface area contributed by atoms with E-state index in [0.717, 1.165) is 40.9 Å². The van der Waals surface area contributed by atoms with E-state index in [0.29, 0.717) is 0 Å². The molecule has 120 valence electrons. The summed E-state index contributed by atoms with van der Waals surface area (Å²) in [6.07, 6.45) is 2.03. The number of carbonyl (C=O) groups excluding carboxylic acids is 1. The van der Waals surface area contributed by atoms with Crippen LogP contribution < -0.4 is 10.9 Å². The Bertz CT molecular complexity index is 845. The van der Waals surface area contributed by atoms with Crippen LogP contribution in [0.4, 0.5) is 5.69 Å². The zero-order valence-electron chi connectivity index (χ0n) is 14.1. The average molecular weight is 310 g/mol. The van der Waals surface area contributed by atoms with E-state index < -0.39 is 0 Å². The van der Waals surface area contributed by atoms with Crippen molar-refractivity contribution in [2.75, 3.05) is 5.32 Å². The predicted molar refractivity (Wildman–Crippen MR) is 92.3 cm³/mol. The standard InChI is InChI=1S/C19H22N2O2/c1-11-5-6-12(2)16(9-11)20-18(22)17-13(3)10-14(4)21(19(17)23)15-7-8-15/h5-6,9-10,15H,7-8H2,1-4H3,(H,20,22). The first-order chi connectivity index (χ1) is 10.9. The summed E-state index contributed by atoms with van der Waals surface area (Å²) in [5.74, 6) is -0.324. The third kappa shape index (κ3) is 2.93. The first-order valence-corrected chi connectivity index (χ1v) is 8.00. The Kier molecular flexibility index (Phi) is 3.84. The molecule has 2 aromatic rings. The van der Waals surface area contributed by atoms with Gasteiger partial charge in [0.25, 0.3) is 11.5 Å². The van der Waals surface area contributed by atoms with Crippen molar-refractivity contribution in [1.29, 1.82) is 0 Å². The van der Waals surface area contributed by atoms with Crippen molar-refractivity contribution in [3.63, 3.8) is 0 Å². The van der Waals surface area contributed by atoms with E-state index in [-0.39, 0.29) is 23.1 Å². The number of hydrogen-bond acceptors (Lipinski definition) is 2. The summed E-state index contributed by atoms with van der Waals surface area (Å²) in [7, 11) is 0. The third-order valence-electron chi connectivity index (χ3n) is 4.41. The lowest BCUT2D eigenvalue weighted by molar-refractivity contribution is 0.102. The maximum absolute atomic E-state index is 12.8. The van der Waals surface area contributed by atoms with E-state index in [2.05, 4.69) is 5.32 Å². The topological polar surface area (TPSA) is 51.1 Å². The van der Waals surface area contributed by atoms with Gasteiger partial charge in [-0.2, -0.15) is 0 Å². The molecule has 0 spiro atoms. The number of hydrogen-bond donors (Lipinski definition) is 1. The summed E-state index contributed by atoms with van der Waals surface area (Å²) >= 11 is 0. The summed E-state index contributed by atoms with van der Waals surface area (Å²) < 4.78 is 1.77. The molecule has 0 atom stereocenters. The molecule has 23 heavy (non-hydrogen) atoms. The minimum absolute atomic E-state index is 0.173. The fraction of sp³-hybridized carbons (Fsp3) is 0.368. The Balaban J connectivity index is 2.01. The summed E-state index contributed by atoms with van der Waals surface area (Å²) in [6.45, 7) is 7.68. The van der Waals surface area contributed by atoms with Crippen LogP contribution in [0.15, 0.2) is 29.1 Å². The van der Waals surface area contributed by atoms with Crippen LogP contribution in [0, 0.1) is 27.7 Å². The highest BCUT2D eigenvalue weighted by Crippen LogP contribution is 2.34. The smallest absolute Gasteiger partial charge is 0.264 e. The minimum atomic E-state index is -0.324. The first-order valence-electron chi connectivity index (χ1n) is 8.00. The molecule has 1 aromatic carbocycles. The third-order valence-corrected chi connectivity index (χ3v) is 4.41. The van der Waals surface area contributed by atoms with Gasteiger partial charge in [-0.25, -0.2) is 0 Å². The normalized spacial score (nSPS) is 13.9. The minimum Gasteiger partial charge on any atom is -0.322 e. The number of amides is 1. The molecule has 0 saturated heterocycles. The van der Waals surface area contributed by atoms with Gasteiger partial charge in [-0.05, 0) is 69.4 Å². The monoisotopic (exact) mass is 310 g/mol. The number of carbonyl (C=O) groups is 1. The van der Waals surface area contributed by atoms with Gasteiger partial charge in [0, 0.05) is 17.4 Å². The fourth-order valence-corrected chi connectivity index (χ4v) is 3.02. The number of nitrogens with one attached hydrogen (secondary N) is 1. The van der Waals surface area contributed by atoms with E-state index in [1.54, 1.807) is 4.57 Å². The first kappa shape index (κ1) is 15.5. The highest BCUT2D eigenvalue weighted by Gasteiger charge is 2.28. The molecule has 1 aliphatic carbocycles. The maximum Gasteiger partial charge on any atom is 0.264 e. The van der Waals surface area contributed by atoms with E-state index in [1.807, 2.05) is 52.0 Å². The number of benzene rings is 1. The van der Waals surface area contributed by atoms with E-state index in [1.165, 1.54) is 0 Å². The zero-order valence-corrected chi connectivity index (χ0v) is 14.1. The maximum atomic E-state index is 12.8. The molecule has 1 saturated carbocycles. The van der Waals surface area contributed by atoms with Crippen LogP contribution in [-0.4, -0.2) is 10.5 Å². The molecule has 3 rings (SSSR count). The molecule has 1 N–H and O–H groups in total. The molecule has 1 heterocycles. The number of pyridine rings is 1. The van der Waals surface area contributed by atoms with Gasteiger partial charge in [-0.1, -0.05) is 12.1 Å². The molecular weight excluding hydrogens is 288 g/mol. The molecule has 4 nitrogen and oxygen atoms in total. The molecule has 1 amide bonds. The Labute approximate surface area is 136 Å². The van der Waals surface area contributed by atoms with Crippen LogP contribution in [0.2, 0.25) is 0 Å². The second-order valence-corrected chi connectivity index (χ2v) is 6.52. The van der Waals surface area contributed by atoms with Crippen molar-refractivity contribution in [2.45, 2.75) is 46.6 Å². The van der Waals surface area contributed by atoms with Crippen LogP contribution >= 0.6 is 0 Å². The van der Waals surface area contributed by atoms with Gasteiger partial charge in [0.2, 0.25) is 0 Å². The number of nitrogens with zero attached hydrogens (tertiary/aromatic N) is 1. The second-order valence-electron chi connectivity index (χ2n) is 6.52. The Hall–Kier alpha value is -2.36. The summed E-state index contributed by atoms with van der Waals surface area (Å²) in [4.78, 5) is 25.5. The van der Waals surface area contributed by atoms with Crippen molar-refractivity contribution in [2.24, 2.45) is 0 Å². The predicted octanol–water partition coefficient (Wildman–Crippen LogP) is 3.67. The zero-order chi connectivity index (χ0) is 16.7. The molecule has 1 fully saturated rings. The van der Waals surface area contributed by atoms with Gasteiger partial charge in [0.15, 0.2) is 0 Å². The molecule has 1 aromatic heterocycles. The largest absolute Gasteiger partial charge is 0.322 e. The molecule has 1 aliphatic rings. The van der Waals surface area contributed by atoms with Gasteiger partial charge in [-0.15, -0.1) is 0 Å². The van der Waals surface area contributed by atoms with Crippen molar-refractivity contribution < 1.29 is 4.79 Å². The average Bonchev–Trinajstić information content (AvgIpc) is 3.27. The number of aromatic nitrogens is 1. The molecule has 0 bridgehead atoms. The van der Waals surface area contributed by atoms with Gasteiger partial charge in [0.05, 0.1) is 0 Å². The van der Waals surface area contributed by atoms with Gasteiger partial charge in [-0.3, -0.25) is 9.59 Å². The van der Waals surface area contributed by atoms with E-state index in [4.69, 9.17) is 0 Å². The second kappa shape index (κ2) is 5.69. The quantitative estimate of drug-likeness (QED) is 0.940. The Morgan fingerprint density at radius 1 is 1.09 bits per heavy atom. The number of anilines is 1. The molecule has 4 heteroatoms. The summed E-state index contributed by atoms with van der Waals surface area (Å²) in [5, 5.41) is 2.90. The lowest BCUT2D eigenvalue weighted by Crippen LogP contribution is -2.31. The van der Waals surface area contributed by atoms with Crippen LogP contribution in [-0.2, 0) is 0 Å². The van der Waals surface area contributed by atoms with Crippen LogP contribution in [0.3, 0.4) is 0 Å². The van der Waals surface area contributed by atoms with Gasteiger partial charge in [0.1, 0.15) is 5.56 Å². The summed E-state index contributed by atoms with van der Waals surface area (Å²) in [6, 6.07) is 8.08. The van der Waals surface area contributed by atoms with Crippen molar-refractivity contribution in [3.8, 4) is 0 Å². The fourth-order valence-electron chi connectivity index (χ4n) is 3.02. The number of aryl methyl sites for hydroxylation is 4. The Morgan fingerprint density at radius 2 is 1.78 bits per heavy atom. The lowest BCUT2D eigenvalue weighted by Gasteiger charge is -2.15. The molecule has 0 unspecified atom stereocenters. The van der Waals surface area contributed by atoms with Crippen molar-refractivity contribution in [3.05, 3.63) is 62.6 Å². The SMILES string of the molecule is Cc1ccc(C)c(NC(=O)c2c(C)cc(C)n(C3CC3)c2=O)c1. The van der Waals surface area contributed by atoms with E-state index in [9.17, 15) is 9.59 Å². The molecule has 0 radical (unpaired) electrons. The number of rotatable bonds is 3. The highest BCUT2D eigenvalue weighted by atomic mass is 16.2. The van der Waals surface area contributed by atoms with Crippen molar-refractivity contribution in [1.82, 2.24) is 4.57 Å². The van der Waals surface area contributed by atoms with E-state index >= 15 is 0 Å². The van der Waals surface area contributed by atoms with Crippen LogP contribution in [0.5, 0.6) is 0 Å². The van der Waals surface area contributed by atoms with Gasteiger partial charge >= 0.3 is 0 Å². The summed E-state index contributed by atoms with van der Waals surface area (Å²) in [5.41, 5.74) is 4.55. The van der Waals surface area contributed by atoms with Gasteiger partial charge < -0.3 is 9.88 Å². The molecule has 0 aliphatic heterocycles. The highest BCUT2D eigenvalue weighted by molar-refractivity contribution is 6.05. The molecular formula is C19H22N2O2. The lowest BCUT2D eigenvalue weighted by atomic mass is 10.1. The van der Waals surface area contributed by atoms with Crippen LogP contribution in [0.1, 0.15) is 51.6 Å². The Morgan fingerprint density at radius 3 is 2.43 bits per heavy atom.